The Labute approximate surface area is 149 Å². The Bertz CT molecular complexity index is 552. The summed E-state index contributed by atoms with van der Waals surface area (Å²) in [6.07, 6.45) is 6.03. The van der Waals surface area contributed by atoms with Gasteiger partial charge in [-0.2, -0.15) is 0 Å². The SMILES string of the molecule is CCCCCC(=O)N(CC[NH+]1CCCC1)CC(=O)Nc1cc(C)on1. The number of likely N-dealkylation sites (tertiary alicyclic amines) is 1. The van der Waals surface area contributed by atoms with Crippen LogP contribution in [0.5, 0.6) is 0 Å². The third-order valence-electron chi connectivity index (χ3n) is 4.62. The monoisotopic (exact) mass is 351 g/mol. The smallest absolute Gasteiger partial charge is 0.245 e. The molecule has 0 aliphatic carbocycles. The Morgan fingerprint density at radius 3 is 2.72 bits per heavy atom. The van der Waals surface area contributed by atoms with Gasteiger partial charge in [0.1, 0.15) is 12.3 Å². The average Bonchev–Trinajstić information content (AvgIpc) is 3.23. The van der Waals surface area contributed by atoms with Crippen LogP contribution in [0, 0.1) is 6.92 Å². The summed E-state index contributed by atoms with van der Waals surface area (Å²) in [6, 6.07) is 1.67. The van der Waals surface area contributed by atoms with Crippen molar-refractivity contribution in [2.24, 2.45) is 0 Å². The van der Waals surface area contributed by atoms with Gasteiger partial charge in [0.2, 0.25) is 11.8 Å². The number of unbranched alkanes of at least 4 members (excludes halogenated alkanes) is 2. The number of amides is 2. The van der Waals surface area contributed by atoms with Gasteiger partial charge >= 0.3 is 0 Å². The van der Waals surface area contributed by atoms with Gasteiger partial charge in [-0.25, -0.2) is 0 Å². The lowest BCUT2D eigenvalue weighted by atomic mass is 10.2. The number of carbonyl (C=O) groups excluding carboxylic acids is 2. The van der Waals surface area contributed by atoms with Crippen molar-refractivity contribution in [1.82, 2.24) is 10.1 Å². The zero-order valence-electron chi connectivity index (χ0n) is 15.5. The summed E-state index contributed by atoms with van der Waals surface area (Å²) in [5.41, 5.74) is 0. The summed E-state index contributed by atoms with van der Waals surface area (Å²) in [5.74, 6) is 0.874. The predicted octanol–water partition coefficient (Wildman–Crippen LogP) is 1.01. The van der Waals surface area contributed by atoms with E-state index in [4.69, 9.17) is 4.52 Å². The lowest BCUT2D eigenvalue weighted by Gasteiger charge is -2.23. The molecule has 1 aromatic heterocycles. The van der Waals surface area contributed by atoms with Crippen molar-refractivity contribution in [3.63, 3.8) is 0 Å². The van der Waals surface area contributed by atoms with Gasteiger partial charge in [0.15, 0.2) is 5.82 Å². The van der Waals surface area contributed by atoms with E-state index in [1.807, 2.05) is 0 Å². The zero-order valence-corrected chi connectivity index (χ0v) is 15.5. The molecule has 7 heteroatoms. The molecule has 25 heavy (non-hydrogen) atoms. The van der Waals surface area contributed by atoms with Gasteiger partial charge in [0, 0.05) is 25.3 Å². The molecule has 0 saturated carbocycles. The minimum atomic E-state index is -0.228. The minimum absolute atomic E-state index is 0.0681. The lowest BCUT2D eigenvalue weighted by molar-refractivity contribution is -0.886. The van der Waals surface area contributed by atoms with Crippen molar-refractivity contribution in [3.05, 3.63) is 11.8 Å². The molecule has 1 fully saturated rings. The first-order valence-corrected chi connectivity index (χ1v) is 9.43. The number of nitrogens with one attached hydrogen (secondary N) is 2. The largest absolute Gasteiger partial charge is 0.360 e. The van der Waals surface area contributed by atoms with Crippen LogP contribution in [0.1, 0.15) is 51.2 Å². The van der Waals surface area contributed by atoms with Crippen molar-refractivity contribution >= 4 is 17.6 Å². The summed E-state index contributed by atoms with van der Waals surface area (Å²) in [4.78, 5) is 28.0. The minimum Gasteiger partial charge on any atom is -0.360 e. The van der Waals surface area contributed by atoms with Crippen LogP contribution in [-0.2, 0) is 9.59 Å². The quantitative estimate of drug-likeness (QED) is 0.617. The van der Waals surface area contributed by atoms with E-state index in [-0.39, 0.29) is 18.4 Å². The number of anilines is 1. The van der Waals surface area contributed by atoms with Crippen LogP contribution in [0.3, 0.4) is 0 Å². The van der Waals surface area contributed by atoms with Crippen LogP contribution in [0.2, 0.25) is 0 Å². The molecule has 2 amide bonds. The average molecular weight is 351 g/mol. The van der Waals surface area contributed by atoms with E-state index < -0.39 is 0 Å². The molecule has 1 aliphatic heterocycles. The van der Waals surface area contributed by atoms with Crippen LogP contribution in [-0.4, -0.2) is 54.6 Å². The molecule has 140 valence electrons. The lowest BCUT2D eigenvalue weighted by Crippen LogP contribution is -3.10. The van der Waals surface area contributed by atoms with E-state index in [1.165, 1.54) is 30.8 Å². The van der Waals surface area contributed by atoms with E-state index in [9.17, 15) is 9.59 Å². The first kappa shape index (κ1) is 19.4. The van der Waals surface area contributed by atoms with Crippen molar-refractivity contribution in [2.75, 3.05) is 38.0 Å². The van der Waals surface area contributed by atoms with Gasteiger partial charge in [-0.3, -0.25) is 9.59 Å². The molecule has 1 aliphatic rings. The van der Waals surface area contributed by atoms with Crippen molar-refractivity contribution in [3.8, 4) is 0 Å². The standard InChI is InChI=1S/C18H30N4O3/c1-3-4-5-8-18(24)22(12-11-21-9-6-7-10-21)14-17(23)19-16-13-15(2)25-20-16/h13H,3-12,14H2,1-2H3,(H,19,20,23)/p+1. The molecular formula is C18H31N4O3+. The number of rotatable bonds is 10. The summed E-state index contributed by atoms with van der Waals surface area (Å²) in [5, 5.41) is 6.46. The van der Waals surface area contributed by atoms with Crippen molar-refractivity contribution in [1.29, 1.82) is 0 Å². The summed E-state index contributed by atoms with van der Waals surface area (Å²) in [6.45, 7) is 7.84. The maximum absolute atomic E-state index is 12.5. The number of hydrogen-bond acceptors (Lipinski definition) is 4. The molecule has 1 aromatic rings. The van der Waals surface area contributed by atoms with E-state index >= 15 is 0 Å². The first-order valence-electron chi connectivity index (χ1n) is 9.43. The van der Waals surface area contributed by atoms with E-state index in [2.05, 4.69) is 17.4 Å². The first-order chi connectivity index (χ1) is 12.1. The number of nitrogens with zero attached hydrogens (tertiary/aromatic N) is 2. The van der Waals surface area contributed by atoms with Crippen LogP contribution < -0.4 is 10.2 Å². The highest BCUT2D eigenvalue weighted by molar-refractivity contribution is 5.93. The highest BCUT2D eigenvalue weighted by atomic mass is 16.5. The second kappa shape index (κ2) is 10.2. The molecule has 0 radical (unpaired) electrons. The summed E-state index contributed by atoms with van der Waals surface area (Å²) < 4.78 is 4.95. The number of carbonyl (C=O) groups is 2. The molecule has 0 atom stereocenters. The number of aryl methyl sites for hydroxylation is 1. The highest BCUT2D eigenvalue weighted by Crippen LogP contribution is 2.08. The van der Waals surface area contributed by atoms with E-state index in [0.29, 0.717) is 24.5 Å². The molecule has 0 spiro atoms. The molecule has 7 nitrogen and oxygen atoms in total. The van der Waals surface area contributed by atoms with Gasteiger partial charge in [-0.05, 0) is 13.3 Å². The maximum Gasteiger partial charge on any atom is 0.245 e. The van der Waals surface area contributed by atoms with Crippen molar-refractivity contribution < 1.29 is 19.0 Å². The third-order valence-corrected chi connectivity index (χ3v) is 4.62. The molecule has 2 rings (SSSR count). The fraction of sp³-hybridized carbons (Fsp3) is 0.722. The molecule has 0 unspecified atom stereocenters. The van der Waals surface area contributed by atoms with Gasteiger partial charge in [-0.1, -0.05) is 24.9 Å². The van der Waals surface area contributed by atoms with Gasteiger partial charge in [0.25, 0.3) is 0 Å². The van der Waals surface area contributed by atoms with Gasteiger partial charge in [0.05, 0.1) is 26.2 Å². The number of aromatic nitrogens is 1. The number of quaternary nitrogens is 1. The third kappa shape index (κ3) is 6.86. The number of hydrogen-bond donors (Lipinski definition) is 2. The van der Waals surface area contributed by atoms with Crippen LogP contribution >= 0.6 is 0 Å². The Morgan fingerprint density at radius 1 is 1.32 bits per heavy atom. The Kier molecular flexibility index (Phi) is 7.91. The van der Waals surface area contributed by atoms with Gasteiger partial charge < -0.3 is 19.6 Å². The van der Waals surface area contributed by atoms with Gasteiger partial charge in [-0.15, -0.1) is 0 Å². The summed E-state index contributed by atoms with van der Waals surface area (Å²) >= 11 is 0. The Balaban J connectivity index is 1.86. The second-order valence-electron chi connectivity index (χ2n) is 6.85. The zero-order chi connectivity index (χ0) is 18.1. The molecule has 0 aromatic carbocycles. The second-order valence-corrected chi connectivity index (χ2v) is 6.85. The molecule has 2 heterocycles. The normalized spacial score (nSPS) is 14.6. The molecule has 2 N–H and O–H groups in total. The fourth-order valence-electron chi connectivity index (χ4n) is 3.18. The molecule has 0 bridgehead atoms. The Morgan fingerprint density at radius 2 is 2.08 bits per heavy atom. The maximum atomic E-state index is 12.5. The molecular weight excluding hydrogens is 320 g/mol. The van der Waals surface area contributed by atoms with Crippen LogP contribution in [0.4, 0.5) is 5.82 Å². The predicted molar refractivity (Wildman–Crippen MR) is 95.4 cm³/mol. The van der Waals surface area contributed by atoms with E-state index in [1.54, 1.807) is 17.9 Å². The van der Waals surface area contributed by atoms with Crippen molar-refractivity contribution in [2.45, 2.75) is 52.4 Å². The fourth-order valence-corrected chi connectivity index (χ4v) is 3.18. The Hall–Kier alpha value is -1.89. The topological polar surface area (TPSA) is 79.9 Å². The molecule has 1 saturated heterocycles. The van der Waals surface area contributed by atoms with Crippen LogP contribution in [0.15, 0.2) is 10.6 Å². The van der Waals surface area contributed by atoms with Crippen LogP contribution in [0.25, 0.3) is 0 Å². The summed E-state index contributed by atoms with van der Waals surface area (Å²) in [7, 11) is 0. The highest BCUT2D eigenvalue weighted by Gasteiger charge is 2.21. The van der Waals surface area contributed by atoms with E-state index in [0.717, 1.165) is 25.8 Å².